The van der Waals surface area contributed by atoms with Gasteiger partial charge in [-0.05, 0) is 24.1 Å². The molecular formula is C15H14O2. The van der Waals surface area contributed by atoms with Crippen LogP contribution in [0.15, 0.2) is 42.5 Å². The maximum atomic E-state index is 5.69. The monoisotopic (exact) mass is 226 g/mol. The third-order valence-electron chi connectivity index (χ3n) is 3.04. The molecule has 0 saturated heterocycles. The van der Waals surface area contributed by atoms with Crippen LogP contribution in [-0.2, 0) is 0 Å². The molecule has 3 rings (SSSR count). The van der Waals surface area contributed by atoms with Gasteiger partial charge in [-0.1, -0.05) is 36.4 Å². The van der Waals surface area contributed by atoms with Crippen LogP contribution in [-0.4, -0.2) is 13.2 Å². The minimum absolute atomic E-state index is 0.631. The molecule has 0 aliphatic carbocycles. The van der Waals surface area contributed by atoms with Crippen molar-refractivity contribution in [1.29, 1.82) is 0 Å². The minimum Gasteiger partial charge on any atom is -0.486 e. The second-order valence-electron chi connectivity index (χ2n) is 4.13. The van der Waals surface area contributed by atoms with E-state index in [2.05, 4.69) is 25.1 Å². The summed E-state index contributed by atoms with van der Waals surface area (Å²) in [5.41, 5.74) is 3.56. The third-order valence-corrected chi connectivity index (χ3v) is 3.04. The van der Waals surface area contributed by atoms with E-state index in [-0.39, 0.29) is 0 Å². The van der Waals surface area contributed by atoms with Gasteiger partial charge in [0.1, 0.15) is 13.2 Å². The van der Waals surface area contributed by atoms with Gasteiger partial charge in [0.25, 0.3) is 0 Å². The van der Waals surface area contributed by atoms with E-state index in [0.717, 1.165) is 17.1 Å². The number of hydrogen-bond acceptors (Lipinski definition) is 2. The second kappa shape index (κ2) is 4.13. The summed E-state index contributed by atoms with van der Waals surface area (Å²) in [7, 11) is 0. The Morgan fingerprint density at radius 2 is 1.65 bits per heavy atom. The molecule has 2 nitrogen and oxygen atoms in total. The Kier molecular flexibility index (Phi) is 2.48. The van der Waals surface area contributed by atoms with E-state index in [1.807, 2.05) is 24.3 Å². The molecule has 0 atom stereocenters. The van der Waals surface area contributed by atoms with Crippen molar-refractivity contribution in [2.24, 2.45) is 0 Å². The van der Waals surface area contributed by atoms with E-state index >= 15 is 0 Å². The van der Waals surface area contributed by atoms with Gasteiger partial charge in [-0.15, -0.1) is 0 Å². The number of hydrogen-bond donors (Lipinski definition) is 0. The predicted octanol–water partition coefficient (Wildman–Crippen LogP) is 3.43. The summed E-state index contributed by atoms with van der Waals surface area (Å²) in [5.74, 6) is 1.74. The summed E-state index contributed by atoms with van der Waals surface area (Å²) in [4.78, 5) is 0. The van der Waals surface area contributed by atoms with Crippen LogP contribution in [0, 0.1) is 6.92 Å². The van der Waals surface area contributed by atoms with E-state index in [9.17, 15) is 0 Å². The Hall–Kier alpha value is -1.96. The van der Waals surface area contributed by atoms with Gasteiger partial charge in [0.2, 0.25) is 0 Å². The van der Waals surface area contributed by atoms with Crippen molar-refractivity contribution in [2.75, 3.05) is 13.2 Å². The van der Waals surface area contributed by atoms with Crippen LogP contribution >= 0.6 is 0 Å². The van der Waals surface area contributed by atoms with Crippen molar-refractivity contribution in [2.45, 2.75) is 6.92 Å². The van der Waals surface area contributed by atoms with Crippen LogP contribution in [0.25, 0.3) is 11.1 Å². The standard InChI is InChI=1S/C15H14O2/c1-11-13(12-5-3-2-4-6-12)7-8-14-15(11)17-10-9-16-14/h2-8H,9-10H2,1H3. The highest BCUT2D eigenvalue weighted by Gasteiger charge is 2.16. The molecule has 1 heterocycles. The first-order valence-corrected chi connectivity index (χ1v) is 5.81. The van der Waals surface area contributed by atoms with Crippen LogP contribution in [0.1, 0.15) is 5.56 Å². The summed E-state index contributed by atoms with van der Waals surface area (Å²) >= 11 is 0. The highest BCUT2D eigenvalue weighted by Crippen LogP contribution is 2.39. The van der Waals surface area contributed by atoms with E-state index in [0.29, 0.717) is 13.2 Å². The predicted molar refractivity (Wildman–Crippen MR) is 67.6 cm³/mol. The summed E-state index contributed by atoms with van der Waals surface area (Å²) in [6.45, 7) is 3.35. The molecule has 2 heteroatoms. The Morgan fingerprint density at radius 3 is 2.47 bits per heavy atom. The molecule has 0 N–H and O–H groups in total. The highest BCUT2D eigenvalue weighted by molar-refractivity contribution is 5.72. The van der Waals surface area contributed by atoms with Gasteiger partial charge in [-0.2, -0.15) is 0 Å². The van der Waals surface area contributed by atoms with Gasteiger partial charge in [-0.3, -0.25) is 0 Å². The lowest BCUT2D eigenvalue weighted by Gasteiger charge is -2.21. The second-order valence-corrected chi connectivity index (χ2v) is 4.13. The first-order chi connectivity index (χ1) is 8.36. The molecule has 1 aliphatic rings. The zero-order valence-corrected chi connectivity index (χ0v) is 9.77. The number of fused-ring (bicyclic) bond motifs is 1. The first kappa shape index (κ1) is 10.2. The quantitative estimate of drug-likeness (QED) is 0.741. The number of benzene rings is 2. The normalized spacial score (nSPS) is 13.5. The van der Waals surface area contributed by atoms with Gasteiger partial charge >= 0.3 is 0 Å². The van der Waals surface area contributed by atoms with E-state index in [1.54, 1.807) is 0 Å². The molecule has 17 heavy (non-hydrogen) atoms. The van der Waals surface area contributed by atoms with Crippen molar-refractivity contribution in [3.63, 3.8) is 0 Å². The molecular weight excluding hydrogens is 212 g/mol. The van der Waals surface area contributed by atoms with E-state index < -0.39 is 0 Å². The number of rotatable bonds is 1. The molecule has 2 aromatic rings. The van der Waals surface area contributed by atoms with Crippen molar-refractivity contribution in [3.05, 3.63) is 48.0 Å². The summed E-state index contributed by atoms with van der Waals surface area (Å²) in [6, 6.07) is 14.4. The lowest BCUT2D eigenvalue weighted by atomic mass is 9.99. The Labute approximate surface area is 101 Å². The molecule has 86 valence electrons. The van der Waals surface area contributed by atoms with Crippen LogP contribution in [0.3, 0.4) is 0 Å². The molecule has 0 unspecified atom stereocenters. The van der Waals surface area contributed by atoms with Gasteiger partial charge in [0.05, 0.1) is 0 Å². The van der Waals surface area contributed by atoms with Crippen LogP contribution in [0.4, 0.5) is 0 Å². The van der Waals surface area contributed by atoms with Crippen molar-refractivity contribution in [1.82, 2.24) is 0 Å². The average Bonchev–Trinajstić information content (AvgIpc) is 2.40. The molecule has 0 amide bonds. The van der Waals surface area contributed by atoms with E-state index in [1.165, 1.54) is 11.1 Å². The third kappa shape index (κ3) is 1.76. The lowest BCUT2D eigenvalue weighted by Crippen LogP contribution is -2.16. The van der Waals surface area contributed by atoms with E-state index in [4.69, 9.17) is 9.47 Å². The molecule has 2 aromatic carbocycles. The van der Waals surface area contributed by atoms with Gasteiger partial charge in [0, 0.05) is 5.56 Å². The van der Waals surface area contributed by atoms with Crippen LogP contribution in [0.2, 0.25) is 0 Å². The fraction of sp³-hybridized carbons (Fsp3) is 0.200. The van der Waals surface area contributed by atoms with Gasteiger partial charge in [-0.25, -0.2) is 0 Å². The van der Waals surface area contributed by atoms with Crippen molar-refractivity contribution >= 4 is 0 Å². The fourth-order valence-electron chi connectivity index (χ4n) is 2.19. The maximum absolute atomic E-state index is 5.69. The number of ether oxygens (including phenoxy) is 2. The Balaban J connectivity index is 2.13. The zero-order chi connectivity index (χ0) is 11.7. The first-order valence-electron chi connectivity index (χ1n) is 5.81. The molecule has 0 radical (unpaired) electrons. The summed E-state index contributed by atoms with van der Waals surface area (Å²) in [6.07, 6.45) is 0. The smallest absolute Gasteiger partial charge is 0.164 e. The molecule has 0 fully saturated rings. The molecule has 1 aliphatic heterocycles. The summed E-state index contributed by atoms with van der Waals surface area (Å²) < 4.78 is 11.3. The summed E-state index contributed by atoms with van der Waals surface area (Å²) in [5, 5.41) is 0. The zero-order valence-electron chi connectivity index (χ0n) is 9.77. The molecule has 0 saturated carbocycles. The molecule has 0 bridgehead atoms. The topological polar surface area (TPSA) is 18.5 Å². The molecule has 0 aromatic heterocycles. The maximum Gasteiger partial charge on any atom is 0.164 e. The Morgan fingerprint density at radius 1 is 0.882 bits per heavy atom. The fourth-order valence-corrected chi connectivity index (χ4v) is 2.19. The van der Waals surface area contributed by atoms with Gasteiger partial charge < -0.3 is 9.47 Å². The lowest BCUT2D eigenvalue weighted by molar-refractivity contribution is 0.170. The SMILES string of the molecule is Cc1c(-c2ccccc2)ccc2c1OCCO2. The Bertz CT molecular complexity index is 532. The van der Waals surface area contributed by atoms with Crippen LogP contribution in [0.5, 0.6) is 11.5 Å². The van der Waals surface area contributed by atoms with Crippen molar-refractivity contribution < 1.29 is 9.47 Å². The molecule has 0 spiro atoms. The van der Waals surface area contributed by atoms with Crippen molar-refractivity contribution in [3.8, 4) is 22.6 Å². The van der Waals surface area contributed by atoms with Crippen LogP contribution < -0.4 is 9.47 Å². The largest absolute Gasteiger partial charge is 0.486 e. The average molecular weight is 226 g/mol. The highest BCUT2D eigenvalue weighted by atomic mass is 16.6. The minimum atomic E-state index is 0.631. The van der Waals surface area contributed by atoms with Gasteiger partial charge in [0.15, 0.2) is 11.5 Å².